The fraction of sp³-hybridized carbons (Fsp3) is 0.0625. The monoisotopic (exact) mass is 666 g/mol. The van der Waals surface area contributed by atoms with Gasteiger partial charge < -0.3 is 0 Å². The molecule has 0 radical (unpaired) electrons. The Morgan fingerprint density at radius 3 is 1.79 bits per heavy atom. The summed E-state index contributed by atoms with van der Waals surface area (Å²) in [6.45, 7) is 4.65. The summed E-state index contributed by atoms with van der Waals surface area (Å²) in [7, 11) is 0. The van der Waals surface area contributed by atoms with Crippen LogP contribution in [0.1, 0.15) is 25.0 Å². The fourth-order valence-electron chi connectivity index (χ4n) is 8.05. The normalized spacial score (nSPS) is 13.0. The molecule has 4 heteroatoms. The molecular formula is C48H34N4. The minimum atomic E-state index is -0.0211. The fourth-order valence-corrected chi connectivity index (χ4v) is 8.05. The standard InChI is InChI=1S/C48H34N4/c1-48(2)41-22-11-9-20-37(41)39-29-34(24-26-42(39)48)35-25-27-44-40(30-35)38-21-10-12-23-43(38)52(44)47-50-45(32-16-7-4-8-17-32)49-46(51-47)36-19-13-18-33(28-36)31-14-5-3-6-15-31/h3-30H,1-2H3. The van der Waals surface area contributed by atoms with Crippen molar-refractivity contribution in [3.05, 3.63) is 181 Å². The third-order valence-electron chi connectivity index (χ3n) is 10.7. The Bertz CT molecular complexity index is 2810. The molecule has 2 aromatic heterocycles. The topological polar surface area (TPSA) is 43.6 Å². The molecule has 0 amide bonds. The van der Waals surface area contributed by atoms with Crippen LogP contribution >= 0.6 is 0 Å². The predicted octanol–water partition coefficient (Wildman–Crippen LogP) is 11.9. The van der Waals surface area contributed by atoms with E-state index < -0.39 is 0 Å². The van der Waals surface area contributed by atoms with Crippen LogP contribution in [-0.4, -0.2) is 19.5 Å². The van der Waals surface area contributed by atoms with Crippen LogP contribution in [0.3, 0.4) is 0 Å². The molecule has 10 rings (SSSR count). The van der Waals surface area contributed by atoms with Crippen LogP contribution in [0.15, 0.2) is 170 Å². The van der Waals surface area contributed by atoms with Crippen molar-refractivity contribution in [2.45, 2.75) is 19.3 Å². The van der Waals surface area contributed by atoms with Crippen molar-refractivity contribution in [2.75, 3.05) is 0 Å². The van der Waals surface area contributed by atoms with Crippen LogP contribution in [0.2, 0.25) is 0 Å². The maximum atomic E-state index is 5.20. The molecule has 0 fully saturated rings. The third-order valence-corrected chi connectivity index (χ3v) is 10.7. The summed E-state index contributed by atoms with van der Waals surface area (Å²) in [6.07, 6.45) is 0. The molecule has 0 unspecified atom stereocenters. The average molecular weight is 667 g/mol. The van der Waals surface area contributed by atoms with Gasteiger partial charge in [-0.15, -0.1) is 0 Å². The molecule has 7 aromatic carbocycles. The smallest absolute Gasteiger partial charge is 0.238 e. The van der Waals surface area contributed by atoms with Crippen LogP contribution in [-0.2, 0) is 5.41 Å². The van der Waals surface area contributed by atoms with E-state index in [-0.39, 0.29) is 5.41 Å². The Kier molecular flexibility index (Phi) is 6.80. The zero-order valence-electron chi connectivity index (χ0n) is 29.0. The highest BCUT2D eigenvalue weighted by molar-refractivity contribution is 6.10. The molecule has 4 nitrogen and oxygen atoms in total. The number of fused-ring (bicyclic) bond motifs is 6. The van der Waals surface area contributed by atoms with Gasteiger partial charge >= 0.3 is 0 Å². The lowest BCUT2D eigenvalue weighted by Gasteiger charge is -2.21. The Morgan fingerprint density at radius 1 is 0.385 bits per heavy atom. The maximum Gasteiger partial charge on any atom is 0.238 e. The largest absolute Gasteiger partial charge is 0.278 e. The summed E-state index contributed by atoms with van der Waals surface area (Å²) >= 11 is 0. The molecule has 0 aliphatic heterocycles. The second-order valence-electron chi connectivity index (χ2n) is 14.1. The molecule has 52 heavy (non-hydrogen) atoms. The van der Waals surface area contributed by atoms with Gasteiger partial charge in [-0.3, -0.25) is 4.57 Å². The van der Waals surface area contributed by atoms with E-state index in [0.717, 1.165) is 44.1 Å². The molecule has 1 aliphatic carbocycles. The molecule has 0 atom stereocenters. The van der Waals surface area contributed by atoms with Crippen molar-refractivity contribution < 1.29 is 0 Å². The number of para-hydroxylation sites is 1. The number of hydrogen-bond donors (Lipinski definition) is 0. The van der Waals surface area contributed by atoms with Gasteiger partial charge in [0.2, 0.25) is 5.95 Å². The van der Waals surface area contributed by atoms with E-state index in [4.69, 9.17) is 15.0 Å². The number of benzene rings is 7. The first-order valence-electron chi connectivity index (χ1n) is 17.8. The molecular weight excluding hydrogens is 633 g/mol. The lowest BCUT2D eigenvalue weighted by Crippen LogP contribution is -2.14. The predicted molar refractivity (Wildman–Crippen MR) is 213 cm³/mol. The summed E-state index contributed by atoms with van der Waals surface area (Å²) < 4.78 is 2.19. The number of nitrogens with zero attached hydrogens (tertiary/aromatic N) is 4. The molecule has 0 saturated heterocycles. The van der Waals surface area contributed by atoms with Crippen LogP contribution in [0.4, 0.5) is 0 Å². The highest BCUT2D eigenvalue weighted by atomic mass is 15.2. The summed E-state index contributed by atoms with van der Waals surface area (Å²) in [6, 6.07) is 60.2. The molecule has 0 saturated carbocycles. The van der Waals surface area contributed by atoms with Crippen molar-refractivity contribution in [2.24, 2.45) is 0 Å². The Balaban J connectivity index is 1.15. The second-order valence-corrected chi connectivity index (χ2v) is 14.1. The summed E-state index contributed by atoms with van der Waals surface area (Å²) in [5.74, 6) is 1.85. The Labute approximate surface area is 302 Å². The van der Waals surface area contributed by atoms with Crippen LogP contribution in [0, 0.1) is 0 Å². The first-order chi connectivity index (χ1) is 25.5. The van der Waals surface area contributed by atoms with Gasteiger partial charge in [0.25, 0.3) is 0 Å². The summed E-state index contributed by atoms with van der Waals surface area (Å²) in [4.78, 5) is 15.4. The van der Waals surface area contributed by atoms with Gasteiger partial charge in [-0.1, -0.05) is 153 Å². The molecule has 2 heterocycles. The summed E-state index contributed by atoms with van der Waals surface area (Å²) in [5.41, 5.74) is 14.0. The number of aromatic nitrogens is 4. The second kappa shape index (κ2) is 11.7. The highest BCUT2D eigenvalue weighted by Gasteiger charge is 2.35. The van der Waals surface area contributed by atoms with Crippen molar-refractivity contribution in [3.8, 4) is 62.1 Å². The van der Waals surface area contributed by atoms with Gasteiger partial charge in [0.15, 0.2) is 11.6 Å². The van der Waals surface area contributed by atoms with Crippen molar-refractivity contribution >= 4 is 21.8 Å². The van der Waals surface area contributed by atoms with E-state index in [1.165, 1.54) is 33.4 Å². The van der Waals surface area contributed by atoms with Gasteiger partial charge in [0.05, 0.1) is 11.0 Å². The van der Waals surface area contributed by atoms with Crippen molar-refractivity contribution in [3.63, 3.8) is 0 Å². The molecule has 246 valence electrons. The van der Waals surface area contributed by atoms with Crippen LogP contribution < -0.4 is 0 Å². The van der Waals surface area contributed by atoms with E-state index in [1.54, 1.807) is 0 Å². The zero-order valence-corrected chi connectivity index (χ0v) is 29.0. The van der Waals surface area contributed by atoms with E-state index >= 15 is 0 Å². The highest BCUT2D eigenvalue weighted by Crippen LogP contribution is 2.49. The average Bonchev–Trinajstić information content (AvgIpc) is 3.66. The lowest BCUT2D eigenvalue weighted by atomic mass is 9.82. The van der Waals surface area contributed by atoms with Crippen molar-refractivity contribution in [1.29, 1.82) is 0 Å². The third kappa shape index (κ3) is 4.79. The van der Waals surface area contributed by atoms with Crippen molar-refractivity contribution in [1.82, 2.24) is 19.5 Å². The molecule has 0 bridgehead atoms. The quantitative estimate of drug-likeness (QED) is 0.184. The van der Waals surface area contributed by atoms with E-state index in [9.17, 15) is 0 Å². The van der Waals surface area contributed by atoms with E-state index in [1.807, 2.05) is 24.3 Å². The van der Waals surface area contributed by atoms with Gasteiger partial charge in [-0.25, -0.2) is 4.98 Å². The first kappa shape index (κ1) is 30.2. The summed E-state index contributed by atoms with van der Waals surface area (Å²) in [5, 5.41) is 2.31. The van der Waals surface area contributed by atoms with Crippen LogP contribution in [0.5, 0.6) is 0 Å². The Morgan fingerprint density at radius 2 is 0.962 bits per heavy atom. The van der Waals surface area contributed by atoms with Gasteiger partial charge in [-0.2, -0.15) is 9.97 Å². The SMILES string of the molecule is CC1(C)c2ccccc2-c2cc(-c3ccc4c(c3)c3ccccc3n4-c3nc(-c4ccccc4)nc(-c4cccc(-c5ccccc5)c4)n3)ccc21. The lowest BCUT2D eigenvalue weighted by molar-refractivity contribution is 0.660. The molecule has 0 spiro atoms. The van der Waals surface area contributed by atoms with E-state index in [0.29, 0.717) is 17.6 Å². The molecule has 1 aliphatic rings. The Hall–Kier alpha value is -6.65. The minimum Gasteiger partial charge on any atom is -0.278 e. The molecule has 0 N–H and O–H groups in total. The maximum absolute atomic E-state index is 5.20. The first-order valence-corrected chi connectivity index (χ1v) is 17.8. The minimum absolute atomic E-state index is 0.0211. The molecule has 9 aromatic rings. The van der Waals surface area contributed by atoms with Gasteiger partial charge in [-0.05, 0) is 74.8 Å². The van der Waals surface area contributed by atoms with Gasteiger partial charge in [0, 0.05) is 27.3 Å². The zero-order chi connectivity index (χ0) is 34.8. The van der Waals surface area contributed by atoms with E-state index in [2.05, 4.69) is 164 Å². The van der Waals surface area contributed by atoms with Crippen LogP contribution in [0.25, 0.3) is 83.9 Å². The number of rotatable bonds is 5. The number of hydrogen-bond acceptors (Lipinski definition) is 3. The van der Waals surface area contributed by atoms with Gasteiger partial charge in [0.1, 0.15) is 0 Å².